The second-order valence-corrected chi connectivity index (χ2v) is 7.56. The van der Waals surface area contributed by atoms with E-state index in [4.69, 9.17) is 10.3 Å². The number of rotatable bonds is 7. The predicted molar refractivity (Wildman–Crippen MR) is 83.6 cm³/mol. The van der Waals surface area contributed by atoms with Gasteiger partial charge in [0.15, 0.2) is 5.82 Å². The lowest BCUT2D eigenvalue weighted by Gasteiger charge is -2.19. The monoisotopic (exact) mass is 297 g/mol. The molecule has 0 spiro atoms. The molecule has 2 rings (SSSR count). The minimum Gasteiger partial charge on any atom is -0.339 e. The molecule has 1 aromatic rings. The number of thioether (sulfide) groups is 1. The maximum Gasteiger partial charge on any atom is 0.228 e. The van der Waals surface area contributed by atoms with Crippen LogP contribution in [0.2, 0.25) is 0 Å². The molecular formula is C15H27N3OS. The Labute approximate surface area is 126 Å². The van der Waals surface area contributed by atoms with Crippen LogP contribution in [0.15, 0.2) is 4.52 Å². The fourth-order valence-electron chi connectivity index (χ4n) is 2.77. The third kappa shape index (κ3) is 5.44. The molecular weight excluding hydrogens is 270 g/mol. The van der Waals surface area contributed by atoms with Gasteiger partial charge >= 0.3 is 0 Å². The van der Waals surface area contributed by atoms with E-state index in [-0.39, 0.29) is 6.04 Å². The fourth-order valence-corrected chi connectivity index (χ4v) is 3.94. The van der Waals surface area contributed by atoms with E-state index >= 15 is 0 Å². The molecule has 20 heavy (non-hydrogen) atoms. The highest BCUT2D eigenvalue weighted by Gasteiger charge is 2.16. The zero-order valence-electron chi connectivity index (χ0n) is 12.7. The van der Waals surface area contributed by atoms with E-state index in [1.54, 1.807) is 0 Å². The summed E-state index contributed by atoms with van der Waals surface area (Å²) >= 11 is 1.98. The molecule has 5 heteroatoms. The summed E-state index contributed by atoms with van der Waals surface area (Å²) in [6, 6.07) is 0.120. The molecule has 1 aliphatic rings. The molecule has 2 N–H and O–H groups in total. The minimum atomic E-state index is 0.120. The summed E-state index contributed by atoms with van der Waals surface area (Å²) in [6.45, 7) is 4.36. The average Bonchev–Trinajstić information content (AvgIpc) is 2.84. The van der Waals surface area contributed by atoms with Gasteiger partial charge in [-0.3, -0.25) is 0 Å². The second kappa shape index (κ2) is 8.03. The van der Waals surface area contributed by atoms with Crippen molar-refractivity contribution in [2.75, 3.05) is 0 Å². The van der Waals surface area contributed by atoms with E-state index < -0.39 is 0 Å². The summed E-state index contributed by atoms with van der Waals surface area (Å²) in [6.07, 6.45) is 8.52. The number of hydrogen-bond donors (Lipinski definition) is 1. The second-order valence-electron chi connectivity index (χ2n) is 6.27. The average molecular weight is 297 g/mol. The molecule has 0 amide bonds. The smallest absolute Gasteiger partial charge is 0.228 e. The molecule has 114 valence electrons. The highest BCUT2D eigenvalue weighted by molar-refractivity contribution is 7.99. The zero-order chi connectivity index (χ0) is 14.4. The molecule has 1 aromatic heterocycles. The fraction of sp³-hybridized carbons (Fsp3) is 0.867. The van der Waals surface area contributed by atoms with Crippen molar-refractivity contribution in [2.24, 2.45) is 11.7 Å². The van der Waals surface area contributed by atoms with Gasteiger partial charge in [-0.05, 0) is 25.2 Å². The van der Waals surface area contributed by atoms with Crippen LogP contribution >= 0.6 is 11.8 Å². The van der Waals surface area contributed by atoms with Crippen molar-refractivity contribution in [2.45, 2.75) is 75.8 Å². The molecule has 0 bridgehead atoms. The molecule has 1 atom stereocenters. The van der Waals surface area contributed by atoms with E-state index in [1.165, 1.54) is 32.1 Å². The van der Waals surface area contributed by atoms with Gasteiger partial charge in [0.05, 0.1) is 5.75 Å². The van der Waals surface area contributed by atoms with Crippen LogP contribution in [0.25, 0.3) is 0 Å². The summed E-state index contributed by atoms with van der Waals surface area (Å²) < 4.78 is 5.30. The largest absolute Gasteiger partial charge is 0.339 e. The Morgan fingerprint density at radius 3 is 2.75 bits per heavy atom. The number of nitrogens with two attached hydrogens (primary N) is 1. The standard InChI is InChI=1S/C15H27N3OS/c1-11(2)8-12(16)9-15-17-14(18-19-15)10-20-13-6-4-3-5-7-13/h11-13H,3-10,16H2,1-2H3. The van der Waals surface area contributed by atoms with Crippen LogP contribution < -0.4 is 5.73 Å². The topological polar surface area (TPSA) is 64.9 Å². The van der Waals surface area contributed by atoms with Gasteiger partial charge < -0.3 is 10.3 Å². The van der Waals surface area contributed by atoms with E-state index in [0.29, 0.717) is 18.2 Å². The summed E-state index contributed by atoms with van der Waals surface area (Å²) in [7, 11) is 0. The van der Waals surface area contributed by atoms with Crippen molar-refractivity contribution in [3.05, 3.63) is 11.7 Å². The van der Waals surface area contributed by atoms with Crippen LogP contribution in [0, 0.1) is 5.92 Å². The van der Waals surface area contributed by atoms with Crippen molar-refractivity contribution in [1.82, 2.24) is 10.1 Å². The number of hydrogen-bond acceptors (Lipinski definition) is 5. The Morgan fingerprint density at radius 2 is 2.05 bits per heavy atom. The van der Waals surface area contributed by atoms with Gasteiger partial charge in [0, 0.05) is 17.7 Å². The van der Waals surface area contributed by atoms with Crippen LogP contribution in [-0.2, 0) is 12.2 Å². The van der Waals surface area contributed by atoms with Gasteiger partial charge in [0.25, 0.3) is 0 Å². The van der Waals surface area contributed by atoms with Gasteiger partial charge in [0.1, 0.15) is 0 Å². The molecule has 0 saturated heterocycles. The van der Waals surface area contributed by atoms with Gasteiger partial charge in [-0.1, -0.05) is 38.3 Å². The summed E-state index contributed by atoms with van der Waals surface area (Å²) in [4.78, 5) is 4.46. The first-order valence-corrected chi connectivity index (χ1v) is 8.87. The van der Waals surface area contributed by atoms with Gasteiger partial charge in [-0.15, -0.1) is 0 Å². The maximum atomic E-state index is 6.07. The van der Waals surface area contributed by atoms with E-state index in [2.05, 4.69) is 24.0 Å². The Morgan fingerprint density at radius 1 is 1.30 bits per heavy atom. The van der Waals surface area contributed by atoms with Crippen LogP contribution in [0.5, 0.6) is 0 Å². The van der Waals surface area contributed by atoms with E-state index in [0.717, 1.165) is 23.2 Å². The van der Waals surface area contributed by atoms with Crippen LogP contribution in [0.3, 0.4) is 0 Å². The molecule has 0 radical (unpaired) electrons. The Kier molecular flexibility index (Phi) is 6.36. The minimum absolute atomic E-state index is 0.120. The Hall–Kier alpha value is -0.550. The van der Waals surface area contributed by atoms with Crippen LogP contribution in [0.4, 0.5) is 0 Å². The van der Waals surface area contributed by atoms with Crippen molar-refractivity contribution < 1.29 is 4.52 Å². The summed E-state index contributed by atoms with van der Waals surface area (Å²) in [5.74, 6) is 2.99. The zero-order valence-corrected chi connectivity index (χ0v) is 13.5. The molecule has 0 aliphatic heterocycles. The highest BCUT2D eigenvalue weighted by atomic mass is 32.2. The van der Waals surface area contributed by atoms with Crippen molar-refractivity contribution in [1.29, 1.82) is 0 Å². The predicted octanol–water partition coefficient (Wildman–Crippen LogP) is 3.55. The van der Waals surface area contributed by atoms with E-state index in [9.17, 15) is 0 Å². The first-order chi connectivity index (χ1) is 9.63. The first kappa shape index (κ1) is 15.8. The highest BCUT2D eigenvalue weighted by Crippen LogP contribution is 2.29. The Bertz CT molecular complexity index is 388. The lowest BCUT2D eigenvalue weighted by molar-refractivity contribution is 0.356. The normalized spacial score (nSPS) is 18.6. The van der Waals surface area contributed by atoms with Crippen LogP contribution in [0.1, 0.15) is 64.1 Å². The third-order valence-corrected chi connectivity index (χ3v) is 5.09. The lowest BCUT2D eigenvalue weighted by Crippen LogP contribution is -2.24. The molecule has 4 nitrogen and oxygen atoms in total. The Balaban J connectivity index is 1.73. The summed E-state index contributed by atoms with van der Waals surface area (Å²) in [5.41, 5.74) is 6.07. The van der Waals surface area contributed by atoms with Gasteiger partial charge in [0.2, 0.25) is 5.89 Å². The molecule has 1 unspecified atom stereocenters. The maximum absolute atomic E-state index is 6.07. The van der Waals surface area contributed by atoms with Crippen molar-refractivity contribution >= 4 is 11.8 Å². The quantitative estimate of drug-likeness (QED) is 0.833. The molecule has 1 fully saturated rings. The van der Waals surface area contributed by atoms with Crippen LogP contribution in [-0.4, -0.2) is 21.4 Å². The van der Waals surface area contributed by atoms with Gasteiger partial charge in [-0.25, -0.2) is 0 Å². The number of aromatic nitrogens is 2. The van der Waals surface area contributed by atoms with E-state index in [1.807, 2.05) is 11.8 Å². The third-order valence-electron chi connectivity index (χ3n) is 3.72. The van der Waals surface area contributed by atoms with Crippen molar-refractivity contribution in [3.63, 3.8) is 0 Å². The van der Waals surface area contributed by atoms with Crippen molar-refractivity contribution in [3.8, 4) is 0 Å². The molecule has 0 aromatic carbocycles. The SMILES string of the molecule is CC(C)CC(N)Cc1nc(CSC2CCCCC2)no1. The first-order valence-electron chi connectivity index (χ1n) is 7.82. The van der Waals surface area contributed by atoms with Gasteiger partial charge in [-0.2, -0.15) is 16.7 Å². The summed E-state index contributed by atoms with van der Waals surface area (Å²) in [5, 5.41) is 4.86. The molecule has 1 heterocycles. The molecule has 1 aliphatic carbocycles. The number of nitrogens with zero attached hydrogens (tertiary/aromatic N) is 2. The molecule has 1 saturated carbocycles. The lowest BCUT2D eigenvalue weighted by atomic mass is 10.0.